The van der Waals surface area contributed by atoms with Crippen LogP contribution in [0.5, 0.6) is 0 Å². The van der Waals surface area contributed by atoms with Crippen molar-refractivity contribution < 1.29 is 28.7 Å². The van der Waals surface area contributed by atoms with Crippen molar-refractivity contribution in [1.29, 1.82) is 0 Å². The molecule has 2 rings (SSSR count). The molecule has 1 N–H and O–H groups in total. The van der Waals surface area contributed by atoms with Crippen LogP contribution in [0.4, 0.5) is 4.79 Å². The summed E-state index contributed by atoms with van der Waals surface area (Å²) in [6, 6.07) is 9.64. The molecule has 1 fully saturated rings. The minimum absolute atomic E-state index is 0.171. The molecule has 1 aliphatic rings. The zero-order chi connectivity index (χ0) is 23.1. The molecule has 1 aromatic rings. The van der Waals surface area contributed by atoms with E-state index in [0.29, 0.717) is 19.4 Å². The summed E-state index contributed by atoms with van der Waals surface area (Å²) in [6.45, 7) is 6.98. The molecule has 1 aliphatic carbocycles. The van der Waals surface area contributed by atoms with Gasteiger partial charge in [-0.2, -0.15) is 0 Å². The number of carbonyl (C=O) groups excluding carboxylic acids is 2. The molecule has 1 atom stereocenters. The van der Waals surface area contributed by atoms with Crippen LogP contribution < -0.4 is 5.32 Å². The van der Waals surface area contributed by atoms with Crippen LogP contribution in [0, 0.1) is 16.0 Å². The van der Waals surface area contributed by atoms with E-state index in [0.717, 1.165) is 5.56 Å². The second kappa shape index (κ2) is 10.6. The van der Waals surface area contributed by atoms with Gasteiger partial charge in [0.1, 0.15) is 5.60 Å². The molecule has 0 aromatic heterocycles. The summed E-state index contributed by atoms with van der Waals surface area (Å²) in [7, 11) is 0. The van der Waals surface area contributed by atoms with Gasteiger partial charge in [0.25, 0.3) is 0 Å². The Labute approximate surface area is 182 Å². The van der Waals surface area contributed by atoms with Crippen molar-refractivity contribution in [3.05, 3.63) is 46.0 Å². The average molecular weight is 437 g/mol. The van der Waals surface area contributed by atoms with Crippen LogP contribution in [-0.2, 0) is 25.6 Å². The topological polar surface area (TPSA) is 117 Å². The van der Waals surface area contributed by atoms with E-state index >= 15 is 0 Å². The van der Waals surface area contributed by atoms with Crippen LogP contribution >= 0.6 is 0 Å². The molecule has 1 aromatic carbocycles. The maximum atomic E-state index is 12.5. The minimum atomic E-state index is -0.983. The van der Waals surface area contributed by atoms with E-state index in [-0.39, 0.29) is 19.1 Å². The van der Waals surface area contributed by atoms with Gasteiger partial charge in [0.05, 0.1) is 37.2 Å². The molecule has 0 bridgehead atoms. The quantitative estimate of drug-likeness (QED) is 0.339. The minimum Gasteiger partial charge on any atom is -0.466 e. The van der Waals surface area contributed by atoms with E-state index in [9.17, 15) is 19.7 Å². The lowest BCUT2D eigenvalue weighted by Crippen LogP contribution is -2.66. The summed E-state index contributed by atoms with van der Waals surface area (Å²) in [5.41, 5.74) is -0.699. The SMILES string of the molecule is CCOC(=O)CC(C[N+](=O)[O-])C1(NC(=O)OC(C)(C)C)CC(OCc2ccccc2)C1. The highest BCUT2D eigenvalue weighted by molar-refractivity contribution is 5.71. The van der Waals surface area contributed by atoms with Gasteiger partial charge < -0.3 is 19.5 Å². The summed E-state index contributed by atoms with van der Waals surface area (Å²) in [5.74, 6) is -1.28. The summed E-state index contributed by atoms with van der Waals surface area (Å²) < 4.78 is 16.3. The average Bonchev–Trinajstić information content (AvgIpc) is 2.62. The first-order valence-corrected chi connectivity index (χ1v) is 10.5. The molecule has 0 spiro atoms. The fraction of sp³-hybridized carbons (Fsp3) is 0.636. The van der Waals surface area contributed by atoms with Crippen molar-refractivity contribution in [1.82, 2.24) is 5.32 Å². The molecule has 9 heteroatoms. The largest absolute Gasteiger partial charge is 0.466 e. The lowest BCUT2D eigenvalue weighted by atomic mass is 9.65. The van der Waals surface area contributed by atoms with Crippen LogP contribution in [0.25, 0.3) is 0 Å². The summed E-state index contributed by atoms with van der Waals surface area (Å²) in [6.07, 6.45) is -0.359. The van der Waals surface area contributed by atoms with Crippen molar-refractivity contribution in [2.45, 2.75) is 70.8 Å². The summed E-state index contributed by atoms with van der Waals surface area (Å²) in [4.78, 5) is 35.5. The van der Waals surface area contributed by atoms with Crippen LogP contribution in [0.15, 0.2) is 30.3 Å². The number of hydrogen-bond donors (Lipinski definition) is 1. The van der Waals surface area contributed by atoms with Crippen molar-refractivity contribution >= 4 is 12.1 Å². The van der Waals surface area contributed by atoms with Crippen LogP contribution in [0.2, 0.25) is 0 Å². The monoisotopic (exact) mass is 436 g/mol. The van der Waals surface area contributed by atoms with Gasteiger partial charge in [-0.3, -0.25) is 14.9 Å². The van der Waals surface area contributed by atoms with Gasteiger partial charge in [0.15, 0.2) is 0 Å². The molecule has 0 heterocycles. The zero-order valence-corrected chi connectivity index (χ0v) is 18.6. The fourth-order valence-corrected chi connectivity index (χ4v) is 3.74. The Bertz CT molecular complexity index is 755. The van der Waals surface area contributed by atoms with Crippen LogP contribution in [0.1, 0.15) is 52.5 Å². The predicted molar refractivity (Wildman–Crippen MR) is 113 cm³/mol. The van der Waals surface area contributed by atoms with Gasteiger partial charge in [-0.15, -0.1) is 0 Å². The highest BCUT2D eigenvalue weighted by Crippen LogP contribution is 2.43. The van der Waals surface area contributed by atoms with Crippen LogP contribution in [0.3, 0.4) is 0 Å². The molecule has 1 amide bonds. The number of hydrogen-bond acceptors (Lipinski definition) is 7. The first-order chi connectivity index (χ1) is 14.5. The molecule has 31 heavy (non-hydrogen) atoms. The van der Waals surface area contributed by atoms with Gasteiger partial charge in [0.2, 0.25) is 6.54 Å². The van der Waals surface area contributed by atoms with Crippen molar-refractivity contribution in [3.8, 4) is 0 Å². The Morgan fingerprint density at radius 3 is 2.45 bits per heavy atom. The first kappa shape index (κ1) is 24.6. The number of esters is 1. The predicted octanol–water partition coefficient (Wildman–Crippen LogP) is 3.48. The number of ether oxygens (including phenoxy) is 3. The van der Waals surface area contributed by atoms with Gasteiger partial charge in [0, 0.05) is 4.92 Å². The van der Waals surface area contributed by atoms with E-state index in [4.69, 9.17) is 14.2 Å². The highest BCUT2D eigenvalue weighted by atomic mass is 16.6. The van der Waals surface area contributed by atoms with E-state index < -0.39 is 40.6 Å². The van der Waals surface area contributed by atoms with Crippen LogP contribution in [-0.4, -0.2) is 47.4 Å². The normalized spacial score (nSPS) is 21.5. The third kappa shape index (κ3) is 7.82. The maximum absolute atomic E-state index is 12.5. The van der Waals surface area contributed by atoms with Gasteiger partial charge in [-0.1, -0.05) is 30.3 Å². The molecule has 1 saturated carbocycles. The van der Waals surface area contributed by atoms with E-state index in [1.165, 1.54) is 0 Å². The zero-order valence-electron chi connectivity index (χ0n) is 18.6. The number of nitro groups is 1. The molecule has 0 radical (unpaired) electrons. The molecule has 9 nitrogen and oxygen atoms in total. The molecule has 1 unspecified atom stereocenters. The summed E-state index contributed by atoms with van der Waals surface area (Å²) >= 11 is 0. The third-order valence-electron chi connectivity index (χ3n) is 5.13. The van der Waals surface area contributed by atoms with E-state index in [1.807, 2.05) is 30.3 Å². The van der Waals surface area contributed by atoms with E-state index in [2.05, 4.69) is 5.32 Å². The number of carbonyl (C=O) groups is 2. The Morgan fingerprint density at radius 2 is 1.90 bits per heavy atom. The van der Waals surface area contributed by atoms with Gasteiger partial charge in [-0.05, 0) is 46.1 Å². The Hall–Kier alpha value is -2.68. The number of nitrogens with one attached hydrogen (secondary N) is 1. The molecule has 0 saturated heterocycles. The van der Waals surface area contributed by atoms with Crippen molar-refractivity contribution in [3.63, 3.8) is 0 Å². The Kier molecular flexibility index (Phi) is 8.38. The molecule has 172 valence electrons. The number of amides is 1. The van der Waals surface area contributed by atoms with Crippen molar-refractivity contribution in [2.24, 2.45) is 5.92 Å². The third-order valence-corrected chi connectivity index (χ3v) is 5.13. The number of nitrogens with zero attached hydrogens (tertiary/aromatic N) is 1. The summed E-state index contributed by atoms with van der Waals surface area (Å²) in [5, 5.41) is 14.1. The smallest absolute Gasteiger partial charge is 0.408 e. The number of rotatable bonds is 10. The highest BCUT2D eigenvalue weighted by Gasteiger charge is 2.54. The lowest BCUT2D eigenvalue weighted by molar-refractivity contribution is -0.491. The van der Waals surface area contributed by atoms with Gasteiger partial charge >= 0.3 is 12.1 Å². The Morgan fingerprint density at radius 1 is 1.26 bits per heavy atom. The molecule has 0 aliphatic heterocycles. The van der Waals surface area contributed by atoms with Crippen molar-refractivity contribution in [2.75, 3.05) is 13.2 Å². The Balaban J connectivity index is 2.13. The standard InChI is InChI=1S/C22H32N2O7/c1-5-29-19(25)11-17(14-24(27)28)22(23-20(26)31-21(2,3)4)12-18(13-22)30-15-16-9-7-6-8-10-16/h6-10,17-18H,5,11-15H2,1-4H3,(H,23,26). The molecular weight excluding hydrogens is 404 g/mol. The first-order valence-electron chi connectivity index (χ1n) is 10.5. The van der Waals surface area contributed by atoms with E-state index in [1.54, 1.807) is 27.7 Å². The molecular formula is C22H32N2O7. The maximum Gasteiger partial charge on any atom is 0.408 e. The number of alkyl carbamates (subject to hydrolysis) is 1. The fourth-order valence-electron chi connectivity index (χ4n) is 3.74. The lowest BCUT2D eigenvalue weighted by Gasteiger charge is -2.50. The van der Waals surface area contributed by atoms with Gasteiger partial charge in [-0.25, -0.2) is 4.79 Å². The number of benzene rings is 1. The second-order valence-corrected chi connectivity index (χ2v) is 8.83. The second-order valence-electron chi connectivity index (χ2n) is 8.83.